The molecular formula is C31H39N3O5S. The molecule has 40 heavy (non-hydrogen) atoms. The standard InChI is InChI=1S/C31H39N3O5S/c1-6-23(3)32-31(36)24(4)33(21-26-15-19-28(39-5)20-16-26)30(35)22-34(27-17-13-25(7-2)14-18-27)40(37,38)29-11-9-8-10-12-29/h8-20,23-24H,6-7,21-22H2,1-5H3,(H,32,36)/t23-,24+/m0/s1. The second kappa shape index (κ2) is 14.0. The van der Waals surface area contributed by atoms with Gasteiger partial charge in [-0.05, 0) is 74.2 Å². The third-order valence-electron chi connectivity index (χ3n) is 6.92. The van der Waals surface area contributed by atoms with Crippen molar-refractivity contribution < 1.29 is 22.7 Å². The lowest BCUT2D eigenvalue weighted by molar-refractivity contribution is -0.139. The van der Waals surface area contributed by atoms with Gasteiger partial charge in [0.15, 0.2) is 0 Å². The van der Waals surface area contributed by atoms with Gasteiger partial charge in [0.2, 0.25) is 11.8 Å². The van der Waals surface area contributed by atoms with Crippen LogP contribution >= 0.6 is 0 Å². The highest BCUT2D eigenvalue weighted by molar-refractivity contribution is 7.92. The Morgan fingerprint density at radius 2 is 1.48 bits per heavy atom. The van der Waals surface area contributed by atoms with E-state index in [4.69, 9.17) is 4.74 Å². The molecule has 0 fully saturated rings. The lowest BCUT2D eigenvalue weighted by atomic mass is 10.1. The van der Waals surface area contributed by atoms with Crippen molar-refractivity contribution in [3.05, 3.63) is 90.0 Å². The number of anilines is 1. The van der Waals surface area contributed by atoms with Crippen LogP contribution in [0.25, 0.3) is 0 Å². The molecule has 0 heterocycles. The number of carbonyl (C=O) groups is 2. The SMILES string of the molecule is CCc1ccc(N(CC(=O)N(Cc2ccc(OC)cc2)[C@H](C)C(=O)N[C@@H](C)CC)S(=O)(=O)c2ccccc2)cc1. The molecule has 1 N–H and O–H groups in total. The number of nitrogens with zero attached hydrogens (tertiary/aromatic N) is 2. The first-order chi connectivity index (χ1) is 19.1. The monoisotopic (exact) mass is 565 g/mol. The minimum absolute atomic E-state index is 0.0695. The molecule has 0 aliphatic heterocycles. The molecule has 0 radical (unpaired) electrons. The molecule has 0 unspecified atom stereocenters. The Morgan fingerprint density at radius 3 is 2.02 bits per heavy atom. The number of hydrogen-bond donors (Lipinski definition) is 1. The van der Waals surface area contributed by atoms with Crippen LogP contribution in [0.1, 0.15) is 45.2 Å². The largest absolute Gasteiger partial charge is 0.497 e. The van der Waals surface area contributed by atoms with Crippen molar-refractivity contribution in [2.75, 3.05) is 18.0 Å². The molecule has 0 saturated carbocycles. The summed E-state index contributed by atoms with van der Waals surface area (Å²) in [5.74, 6) is -0.137. The molecule has 8 nitrogen and oxygen atoms in total. The van der Waals surface area contributed by atoms with Crippen molar-refractivity contribution in [1.82, 2.24) is 10.2 Å². The zero-order chi connectivity index (χ0) is 29.3. The lowest BCUT2D eigenvalue weighted by Gasteiger charge is -2.32. The molecule has 0 aliphatic rings. The Bertz CT molecular complexity index is 1360. The second-order valence-electron chi connectivity index (χ2n) is 9.71. The minimum Gasteiger partial charge on any atom is -0.497 e. The quantitative estimate of drug-likeness (QED) is 0.322. The van der Waals surface area contributed by atoms with Crippen LogP contribution in [0.2, 0.25) is 0 Å². The third kappa shape index (κ3) is 7.63. The first-order valence-electron chi connectivity index (χ1n) is 13.5. The van der Waals surface area contributed by atoms with Crippen LogP contribution in [0, 0.1) is 0 Å². The van der Waals surface area contributed by atoms with E-state index in [0.717, 1.165) is 28.3 Å². The summed E-state index contributed by atoms with van der Waals surface area (Å²) in [5.41, 5.74) is 2.20. The molecule has 3 aromatic rings. The molecule has 0 aliphatic carbocycles. The van der Waals surface area contributed by atoms with Gasteiger partial charge in [-0.25, -0.2) is 8.42 Å². The maximum atomic E-state index is 14.0. The van der Waals surface area contributed by atoms with Crippen LogP contribution < -0.4 is 14.4 Å². The maximum absolute atomic E-state index is 14.0. The van der Waals surface area contributed by atoms with Crippen LogP contribution in [-0.4, -0.2) is 50.9 Å². The molecule has 0 aromatic heterocycles. The normalized spacial score (nSPS) is 12.7. The number of sulfonamides is 1. The minimum atomic E-state index is -4.08. The van der Waals surface area contributed by atoms with Crippen molar-refractivity contribution in [3.63, 3.8) is 0 Å². The highest BCUT2D eigenvalue weighted by Gasteiger charge is 2.32. The lowest BCUT2D eigenvalue weighted by Crippen LogP contribution is -2.52. The van der Waals surface area contributed by atoms with Gasteiger partial charge in [0, 0.05) is 12.6 Å². The van der Waals surface area contributed by atoms with Crippen molar-refractivity contribution in [2.24, 2.45) is 0 Å². The number of amides is 2. The first kappa shape index (κ1) is 30.7. The fraction of sp³-hybridized carbons (Fsp3) is 0.355. The van der Waals surface area contributed by atoms with E-state index in [-0.39, 0.29) is 23.4 Å². The number of carbonyl (C=O) groups excluding carboxylic acids is 2. The third-order valence-corrected chi connectivity index (χ3v) is 8.71. The van der Waals surface area contributed by atoms with Crippen LogP contribution in [0.3, 0.4) is 0 Å². The van der Waals surface area contributed by atoms with Gasteiger partial charge >= 0.3 is 0 Å². The summed E-state index contributed by atoms with van der Waals surface area (Å²) in [6, 6.07) is 21.4. The van der Waals surface area contributed by atoms with Crippen molar-refractivity contribution >= 4 is 27.5 Å². The van der Waals surface area contributed by atoms with E-state index in [2.05, 4.69) is 5.32 Å². The van der Waals surface area contributed by atoms with Crippen LogP contribution in [-0.2, 0) is 32.6 Å². The number of aryl methyl sites for hydroxylation is 1. The zero-order valence-electron chi connectivity index (χ0n) is 23.8. The molecule has 9 heteroatoms. The van der Waals surface area contributed by atoms with Crippen molar-refractivity contribution in [2.45, 2.75) is 64.1 Å². The molecule has 0 saturated heterocycles. The number of benzene rings is 3. The topological polar surface area (TPSA) is 96.0 Å². The fourth-order valence-corrected chi connectivity index (χ4v) is 5.56. The maximum Gasteiger partial charge on any atom is 0.264 e. The number of nitrogens with one attached hydrogen (secondary N) is 1. The molecule has 3 rings (SSSR count). The van der Waals surface area contributed by atoms with Gasteiger partial charge in [-0.15, -0.1) is 0 Å². The van der Waals surface area contributed by atoms with Gasteiger partial charge in [0.05, 0.1) is 17.7 Å². The molecule has 0 bridgehead atoms. The van der Waals surface area contributed by atoms with Gasteiger partial charge in [-0.2, -0.15) is 0 Å². The van der Waals surface area contributed by atoms with E-state index >= 15 is 0 Å². The summed E-state index contributed by atoms with van der Waals surface area (Å²) >= 11 is 0. The smallest absolute Gasteiger partial charge is 0.264 e. The van der Waals surface area contributed by atoms with Crippen LogP contribution in [0.15, 0.2) is 83.8 Å². The Hall–Kier alpha value is -3.85. The summed E-state index contributed by atoms with van der Waals surface area (Å²) < 4.78 is 34.0. The highest BCUT2D eigenvalue weighted by Crippen LogP contribution is 2.25. The Balaban J connectivity index is 2.01. The van der Waals surface area contributed by atoms with Crippen molar-refractivity contribution in [1.29, 1.82) is 0 Å². The first-order valence-corrected chi connectivity index (χ1v) is 14.9. The Kier molecular flexibility index (Phi) is 10.7. The molecule has 2 amide bonds. The molecule has 3 aromatic carbocycles. The summed E-state index contributed by atoms with van der Waals surface area (Å²) in [5, 5.41) is 2.94. The van der Waals surface area contributed by atoms with E-state index in [1.165, 1.54) is 17.0 Å². The van der Waals surface area contributed by atoms with Crippen LogP contribution in [0.5, 0.6) is 5.75 Å². The Morgan fingerprint density at radius 1 is 0.875 bits per heavy atom. The van der Waals surface area contributed by atoms with Gasteiger partial charge in [0.25, 0.3) is 10.0 Å². The molecular weight excluding hydrogens is 526 g/mol. The average Bonchev–Trinajstić information content (AvgIpc) is 2.98. The number of hydrogen-bond acceptors (Lipinski definition) is 5. The molecule has 2 atom stereocenters. The number of rotatable bonds is 13. The van der Waals surface area contributed by atoms with Gasteiger partial charge < -0.3 is 15.0 Å². The fourth-order valence-electron chi connectivity index (χ4n) is 4.12. The van der Waals surface area contributed by atoms with E-state index in [9.17, 15) is 18.0 Å². The van der Waals surface area contributed by atoms with E-state index < -0.39 is 28.5 Å². The molecule has 0 spiro atoms. The van der Waals surface area contributed by atoms with Crippen LogP contribution in [0.4, 0.5) is 5.69 Å². The van der Waals surface area contributed by atoms with E-state index in [0.29, 0.717) is 11.4 Å². The Labute approximate surface area is 238 Å². The van der Waals surface area contributed by atoms with E-state index in [1.54, 1.807) is 56.5 Å². The predicted octanol–water partition coefficient (Wildman–Crippen LogP) is 4.78. The second-order valence-corrected chi connectivity index (χ2v) is 11.6. The van der Waals surface area contributed by atoms with Gasteiger partial charge in [-0.1, -0.05) is 56.3 Å². The predicted molar refractivity (Wildman–Crippen MR) is 158 cm³/mol. The van der Waals surface area contributed by atoms with Gasteiger partial charge in [-0.3, -0.25) is 13.9 Å². The number of methoxy groups -OCH3 is 1. The highest BCUT2D eigenvalue weighted by atomic mass is 32.2. The number of ether oxygens (including phenoxy) is 1. The van der Waals surface area contributed by atoms with Gasteiger partial charge in [0.1, 0.15) is 18.3 Å². The summed E-state index contributed by atoms with van der Waals surface area (Å²) in [6.45, 7) is 7.18. The average molecular weight is 566 g/mol. The van der Waals surface area contributed by atoms with E-state index in [1.807, 2.05) is 45.0 Å². The summed E-state index contributed by atoms with van der Waals surface area (Å²) in [6.07, 6.45) is 1.53. The molecule has 214 valence electrons. The summed E-state index contributed by atoms with van der Waals surface area (Å²) in [4.78, 5) is 28.6. The summed E-state index contributed by atoms with van der Waals surface area (Å²) in [7, 11) is -2.51. The zero-order valence-corrected chi connectivity index (χ0v) is 24.6. The van der Waals surface area contributed by atoms with Crippen molar-refractivity contribution in [3.8, 4) is 5.75 Å².